The second-order valence-corrected chi connectivity index (χ2v) is 7.87. The molecule has 0 spiro atoms. The highest BCUT2D eigenvalue weighted by molar-refractivity contribution is 7.65. The average Bonchev–Trinajstić information content (AvgIpc) is 3.09. The van der Waals surface area contributed by atoms with Crippen LogP contribution in [0.2, 0.25) is 0 Å². The lowest BCUT2D eigenvalue weighted by Gasteiger charge is -2.11. The first-order valence-corrected chi connectivity index (χ1v) is 11.2. The number of fused-ring (bicyclic) bond motifs is 1. The maximum Gasteiger partial charge on any atom is 0.458 e. The van der Waals surface area contributed by atoms with Crippen LogP contribution in [-0.4, -0.2) is 31.5 Å². The van der Waals surface area contributed by atoms with Crippen LogP contribution in [0.1, 0.15) is 42.1 Å². The van der Waals surface area contributed by atoms with Gasteiger partial charge in [0.05, 0.1) is 5.69 Å². The van der Waals surface area contributed by atoms with Gasteiger partial charge in [-0.15, -0.1) is 0 Å². The molecular weight excluding hydrogens is 414 g/mol. The number of aromatic nitrogens is 4. The van der Waals surface area contributed by atoms with Crippen molar-refractivity contribution in [1.82, 2.24) is 19.2 Å². The highest BCUT2D eigenvalue weighted by atomic mass is 32.1. The summed E-state index contributed by atoms with van der Waals surface area (Å²) in [7, 11) is 0. The molecule has 0 aromatic carbocycles. The number of pyridine rings is 1. The Kier molecular flexibility index (Phi) is 7.31. The van der Waals surface area contributed by atoms with Crippen molar-refractivity contribution in [3.8, 4) is 6.07 Å². The van der Waals surface area contributed by atoms with Crippen LogP contribution in [-0.2, 0) is 35.3 Å². The third-order valence-electron chi connectivity index (χ3n) is 5.22. The van der Waals surface area contributed by atoms with Crippen LogP contribution in [0.15, 0.2) is 23.1 Å². The van der Waals surface area contributed by atoms with Gasteiger partial charge in [0.15, 0.2) is 5.65 Å². The van der Waals surface area contributed by atoms with Crippen LogP contribution in [0.5, 0.6) is 0 Å². The molecule has 3 rings (SSSR count). The van der Waals surface area contributed by atoms with E-state index in [1.54, 1.807) is 16.8 Å². The Hall–Kier alpha value is -3.32. The van der Waals surface area contributed by atoms with Gasteiger partial charge >= 0.3 is 11.7 Å². The summed E-state index contributed by atoms with van der Waals surface area (Å²) in [6.45, 7) is 4.94. The molecule has 162 valence electrons. The van der Waals surface area contributed by atoms with Crippen LogP contribution in [0, 0.1) is 18.3 Å². The predicted octanol–water partition coefficient (Wildman–Crippen LogP) is 2.08. The summed E-state index contributed by atoms with van der Waals surface area (Å²) in [5.41, 5.74) is 9.52. The second-order valence-electron chi connectivity index (χ2n) is 7.22. The zero-order chi connectivity index (χ0) is 22.4. The Morgan fingerprint density at radius 1 is 1.35 bits per heavy atom. The van der Waals surface area contributed by atoms with Crippen molar-refractivity contribution in [3.05, 3.63) is 51.1 Å². The molecule has 9 nitrogen and oxygen atoms in total. The first-order chi connectivity index (χ1) is 15.0. The molecular formula is C21H26N7O2S+. The molecule has 0 bridgehead atoms. The minimum Gasteiger partial charge on any atom is -0.382 e. The molecule has 0 radical (unpaired) electrons. The first kappa shape index (κ1) is 22.4. The van der Waals surface area contributed by atoms with E-state index >= 15 is 0 Å². The monoisotopic (exact) mass is 440 g/mol. The molecule has 3 N–H and O–H groups in total. The third-order valence-corrected chi connectivity index (χ3v) is 5.68. The highest BCUT2D eigenvalue weighted by Gasteiger charge is 2.18. The molecule has 0 aliphatic rings. The van der Waals surface area contributed by atoms with Gasteiger partial charge < -0.3 is 15.6 Å². The first-order valence-electron chi connectivity index (χ1n) is 10.3. The smallest absolute Gasteiger partial charge is 0.382 e. The predicted molar refractivity (Wildman–Crippen MR) is 121 cm³/mol. The fraction of sp³-hybridized carbons (Fsp3) is 0.429. The Labute approximate surface area is 184 Å². The number of nitriles is 1. The molecule has 0 fully saturated rings. The standard InChI is InChI=1S/C21H26N7O2S/c1-3-16-14(2)26-28-18(23)17(13-22)19(25-20(16)28)24-9-8-15-7-6-11-27(21(15)29)10-4-5-12-31-30/h6-7,11H,3-5,8-10,12,23H2,1-2H3,(H,24,25)/q+1. The maximum absolute atomic E-state index is 12.7. The molecule has 31 heavy (non-hydrogen) atoms. The third kappa shape index (κ3) is 4.72. The van der Waals surface area contributed by atoms with Crippen molar-refractivity contribution in [3.63, 3.8) is 0 Å². The number of nitrogen functional groups attached to an aromatic ring is 1. The SMILES string of the molecule is CCc1c(C)nn2c(N)c(C#N)c(NCCc3cccn(CCCC[S+]=O)c3=O)nc12. The zero-order valence-electron chi connectivity index (χ0n) is 17.7. The van der Waals surface area contributed by atoms with Crippen LogP contribution in [0.3, 0.4) is 0 Å². The molecule has 0 atom stereocenters. The van der Waals surface area contributed by atoms with Gasteiger partial charge in [-0.05, 0) is 32.3 Å². The lowest BCUT2D eigenvalue weighted by molar-refractivity contribution is 0.591. The Morgan fingerprint density at radius 2 is 2.16 bits per heavy atom. The molecule has 0 unspecified atom stereocenters. The normalized spacial score (nSPS) is 10.9. The van der Waals surface area contributed by atoms with E-state index in [4.69, 9.17) is 5.73 Å². The quantitative estimate of drug-likeness (QED) is 0.364. The maximum atomic E-state index is 12.7. The zero-order valence-corrected chi connectivity index (χ0v) is 18.5. The molecule has 3 heterocycles. The van der Waals surface area contributed by atoms with Crippen LogP contribution in [0.4, 0.5) is 11.6 Å². The number of nitrogens with zero attached hydrogens (tertiary/aromatic N) is 5. The van der Waals surface area contributed by atoms with Gasteiger partial charge in [-0.3, -0.25) is 4.79 Å². The summed E-state index contributed by atoms with van der Waals surface area (Å²) in [5.74, 6) is 1.20. The molecule has 10 heteroatoms. The van der Waals surface area contributed by atoms with Gasteiger partial charge in [0.25, 0.3) is 5.56 Å². The van der Waals surface area contributed by atoms with Crippen LogP contribution >= 0.6 is 0 Å². The van der Waals surface area contributed by atoms with Gasteiger partial charge in [0.2, 0.25) is 5.75 Å². The molecule has 3 aromatic rings. The van der Waals surface area contributed by atoms with Crippen molar-refractivity contribution < 1.29 is 4.21 Å². The van der Waals surface area contributed by atoms with E-state index in [2.05, 4.69) is 21.5 Å². The van der Waals surface area contributed by atoms with Crippen LogP contribution in [0.25, 0.3) is 5.65 Å². The summed E-state index contributed by atoms with van der Waals surface area (Å²) in [4.78, 5) is 17.3. The Balaban J connectivity index is 1.77. The van der Waals surface area contributed by atoms with E-state index in [9.17, 15) is 14.3 Å². The van der Waals surface area contributed by atoms with Crippen molar-refractivity contribution in [2.24, 2.45) is 0 Å². The number of nitrogens with two attached hydrogens (primary N) is 1. The van der Waals surface area contributed by atoms with Gasteiger partial charge in [0.1, 0.15) is 23.3 Å². The van der Waals surface area contributed by atoms with E-state index in [0.717, 1.165) is 30.5 Å². The summed E-state index contributed by atoms with van der Waals surface area (Å²) in [6, 6.07) is 5.76. The van der Waals surface area contributed by atoms with Gasteiger partial charge in [0, 0.05) is 41.0 Å². The van der Waals surface area contributed by atoms with Gasteiger partial charge in [-0.1, -0.05) is 13.0 Å². The van der Waals surface area contributed by atoms with Crippen molar-refractivity contribution in [2.75, 3.05) is 23.3 Å². The Bertz CT molecular complexity index is 1190. The number of unbranched alkanes of at least 4 members (excludes halogenated alkanes) is 1. The number of nitrogens with one attached hydrogen (secondary N) is 1. The van der Waals surface area contributed by atoms with E-state index in [-0.39, 0.29) is 16.9 Å². The van der Waals surface area contributed by atoms with E-state index < -0.39 is 0 Å². The van der Waals surface area contributed by atoms with Crippen molar-refractivity contribution in [1.29, 1.82) is 5.26 Å². The Morgan fingerprint density at radius 3 is 2.87 bits per heavy atom. The van der Waals surface area contributed by atoms with Crippen molar-refractivity contribution >= 4 is 28.9 Å². The molecule has 0 aliphatic heterocycles. The number of rotatable bonds is 10. The van der Waals surface area contributed by atoms with E-state index in [0.29, 0.717) is 54.0 Å². The van der Waals surface area contributed by atoms with Gasteiger partial charge in [-0.25, -0.2) is 4.98 Å². The molecule has 0 aliphatic carbocycles. The molecule has 0 saturated heterocycles. The van der Waals surface area contributed by atoms with E-state index in [1.165, 1.54) is 4.52 Å². The van der Waals surface area contributed by atoms with Crippen molar-refractivity contribution in [2.45, 2.75) is 46.1 Å². The van der Waals surface area contributed by atoms with Gasteiger partial charge in [-0.2, -0.15) is 14.9 Å². The largest absolute Gasteiger partial charge is 0.458 e. The minimum atomic E-state index is -0.0396. The summed E-state index contributed by atoms with van der Waals surface area (Å²) in [5, 5.41) is 17.2. The lowest BCUT2D eigenvalue weighted by Crippen LogP contribution is -2.24. The second kappa shape index (κ2) is 10.1. The number of hydrogen-bond acceptors (Lipinski definition) is 7. The van der Waals surface area contributed by atoms with Crippen LogP contribution < -0.4 is 16.6 Å². The summed E-state index contributed by atoms with van der Waals surface area (Å²) in [6.07, 6.45) is 4.57. The molecule has 0 amide bonds. The van der Waals surface area contributed by atoms with E-state index in [1.807, 2.05) is 19.9 Å². The molecule has 0 saturated carbocycles. The topological polar surface area (TPSA) is 131 Å². The fourth-order valence-corrected chi connectivity index (χ4v) is 3.90. The molecule has 3 aromatic heterocycles. The summed E-state index contributed by atoms with van der Waals surface area (Å²) >= 11 is 0.572. The number of aryl methyl sites for hydroxylation is 3. The highest BCUT2D eigenvalue weighted by Crippen LogP contribution is 2.24. The number of anilines is 2. The summed E-state index contributed by atoms with van der Waals surface area (Å²) < 4.78 is 13.7. The fourth-order valence-electron chi connectivity index (χ4n) is 3.58. The number of hydrogen-bond donors (Lipinski definition) is 2. The minimum absolute atomic E-state index is 0.0396. The lowest BCUT2D eigenvalue weighted by atomic mass is 10.2. The average molecular weight is 441 g/mol.